The van der Waals surface area contributed by atoms with Crippen molar-refractivity contribution in [3.8, 4) is 0 Å². The van der Waals surface area contributed by atoms with Gasteiger partial charge in [0.25, 0.3) is 0 Å². The van der Waals surface area contributed by atoms with Crippen LogP contribution < -0.4 is 0 Å². The molecule has 3 nitrogen and oxygen atoms in total. The van der Waals surface area contributed by atoms with Crippen molar-refractivity contribution in [2.45, 2.75) is 83.8 Å². The number of carbonyl (C=O) groups is 1. The monoisotopic (exact) mass is 336 g/mol. The van der Waals surface area contributed by atoms with Crippen molar-refractivity contribution in [3.05, 3.63) is 11.6 Å². The van der Waals surface area contributed by atoms with Gasteiger partial charge in [0.15, 0.2) is 5.78 Å². The number of fused-ring (bicyclic) bond motifs is 5. The Bertz CT molecular complexity index is 674. The first-order valence-electron chi connectivity index (χ1n) is 10.6. The molecule has 7 atom stereocenters. The van der Waals surface area contributed by atoms with E-state index >= 15 is 0 Å². The molecule has 4 unspecified atom stereocenters. The van der Waals surface area contributed by atoms with Crippen molar-refractivity contribution in [2.75, 3.05) is 0 Å². The van der Waals surface area contributed by atoms with Crippen LogP contribution in [-0.4, -0.2) is 27.7 Å². The van der Waals surface area contributed by atoms with Crippen molar-refractivity contribution < 1.29 is 17.7 Å². The summed E-state index contributed by atoms with van der Waals surface area (Å²) in [6.45, 7) is 5.62. The molecule has 4 aliphatic carbocycles. The van der Waals surface area contributed by atoms with Gasteiger partial charge < -0.3 is 10.2 Å². The fourth-order valence-corrected chi connectivity index (χ4v) is 6.77. The van der Waals surface area contributed by atoms with Crippen LogP contribution in [0, 0.1) is 28.6 Å². The molecule has 0 amide bonds. The Morgan fingerprint density at radius 3 is 2.71 bits per heavy atom. The summed E-state index contributed by atoms with van der Waals surface area (Å²) in [5, 5.41) is 21.4. The third-order valence-electron chi connectivity index (χ3n) is 8.38. The van der Waals surface area contributed by atoms with E-state index < -0.39 is 23.2 Å². The lowest BCUT2D eigenvalue weighted by Gasteiger charge is -2.58. The number of carbonyl (C=O) groups excluding carboxylic acids is 1. The normalized spacial score (nSPS) is 57.0. The summed E-state index contributed by atoms with van der Waals surface area (Å²) < 4.78 is 17.0. The molecule has 0 bridgehead atoms. The Morgan fingerprint density at radius 2 is 2.00 bits per heavy atom. The predicted molar refractivity (Wildman–Crippen MR) is 93.3 cm³/mol. The van der Waals surface area contributed by atoms with Crippen LogP contribution in [0.5, 0.6) is 0 Å². The van der Waals surface area contributed by atoms with Crippen LogP contribution in [0.3, 0.4) is 0 Å². The minimum absolute atomic E-state index is 0.0200. The summed E-state index contributed by atoms with van der Waals surface area (Å²) in [5.41, 5.74) is -1.13. The fraction of sp³-hybridized carbons (Fsp3) is 0.857. The van der Waals surface area contributed by atoms with E-state index in [1.165, 1.54) is 12.5 Å². The van der Waals surface area contributed by atoms with E-state index in [-0.39, 0.29) is 23.9 Å². The first-order valence-corrected chi connectivity index (χ1v) is 9.58. The summed E-state index contributed by atoms with van der Waals surface area (Å²) in [6.07, 6.45) is 5.52. The van der Waals surface area contributed by atoms with Crippen molar-refractivity contribution in [1.82, 2.24) is 0 Å². The van der Waals surface area contributed by atoms with Gasteiger partial charge in [-0.05, 0) is 81.4 Å². The van der Waals surface area contributed by atoms with E-state index in [4.69, 9.17) is 2.74 Å². The number of rotatable bonds is 1. The van der Waals surface area contributed by atoms with Crippen molar-refractivity contribution in [2.24, 2.45) is 28.6 Å². The third-order valence-corrected chi connectivity index (χ3v) is 8.38. The lowest BCUT2D eigenvalue weighted by Crippen LogP contribution is -2.56. The lowest BCUT2D eigenvalue weighted by atomic mass is 9.47. The molecule has 3 fully saturated rings. The minimum atomic E-state index is -1.89. The molecule has 3 heteroatoms. The highest BCUT2D eigenvalue weighted by molar-refractivity contribution is 5.86. The molecule has 24 heavy (non-hydrogen) atoms. The molecule has 0 radical (unpaired) electrons. The van der Waals surface area contributed by atoms with Crippen molar-refractivity contribution in [1.29, 1.82) is 0 Å². The summed E-state index contributed by atoms with van der Waals surface area (Å²) >= 11 is 0. The molecule has 0 heterocycles. The number of Topliss-reactive ketones (excluding diaryl/α,β-unsaturated/α-hetero) is 1. The predicted octanol–water partition coefficient (Wildman–Crippen LogP) is 3.63. The van der Waals surface area contributed by atoms with Gasteiger partial charge in [-0.25, -0.2) is 0 Å². The molecule has 0 aromatic rings. The number of hydrogen-bond donors (Lipinski definition) is 2. The van der Waals surface area contributed by atoms with Crippen molar-refractivity contribution in [3.63, 3.8) is 0 Å². The zero-order valence-electron chi connectivity index (χ0n) is 17.1. The molecule has 4 rings (SSSR count). The molecule has 0 spiro atoms. The Balaban J connectivity index is 1.75. The van der Waals surface area contributed by atoms with Gasteiger partial charge >= 0.3 is 0 Å². The van der Waals surface area contributed by atoms with Crippen LogP contribution in [0.15, 0.2) is 11.6 Å². The molecule has 0 aromatic heterocycles. The highest BCUT2D eigenvalue weighted by Gasteiger charge is 2.65. The molecule has 134 valence electrons. The second-order valence-corrected chi connectivity index (χ2v) is 9.26. The molecular weight excluding hydrogens is 302 g/mol. The quantitative estimate of drug-likeness (QED) is 0.568. The SMILES string of the molecule is [2H]C1([2H])CC2C3CC=C4CC(O)CC[C@]4(C)C3CC[C@]2(C)[C@@]1(O)[13C]([13CH3])=O. The van der Waals surface area contributed by atoms with Crippen LogP contribution >= 0.6 is 0 Å². The first kappa shape index (κ1) is 14.5. The summed E-state index contributed by atoms with van der Waals surface area (Å²) in [5.74, 6) is 0.357. The van der Waals surface area contributed by atoms with Crippen molar-refractivity contribution >= 4 is 5.78 Å². The maximum Gasteiger partial charge on any atom is 0.161 e. The fourth-order valence-electron chi connectivity index (χ4n) is 6.77. The maximum atomic E-state index is 12.4. The second kappa shape index (κ2) is 5.17. The average Bonchev–Trinajstić information content (AvgIpc) is 2.73. The number of ketones is 1. The molecule has 0 aromatic carbocycles. The van der Waals surface area contributed by atoms with Gasteiger partial charge in [-0.1, -0.05) is 25.5 Å². The number of hydrogen-bond acceptors (Lipinski definition) is 3. The minimum Gasteiger partial charge on any atom is -0.393 e. The van der Waals surface area contributed by atoms with Crippen LogP contribution in [0.4, 0.5) is 0 Å². The zero-order chi connectivity index (χ0) is 19.1. The van der Waals surface area contributed by atoms with Gasteiger partial charge in [-0.2, -0.15) is 0 Å². The topological polar surface area (TPSA) is 57.5 Å². The smallest absolute Gasteiger partial charge is 0.161 e. The Hall–Kier alpha value is -0.670. The van der Waals surface area contributed by atoms with Crippen LogP contribution in [-0.2, 0) is 4.79 Å². The van der Waals surface area contributed by atoms with Gasteiger partial charge in [-0.3, -0.25) is 4.79 Å². The van der Waals surface area contributed by atoms with E-state index in [0.29, 0.717) is 18.3 Å². The summed E-state index contributed by atoms with van der Waals surface area (Å²) in [4.78, 5) is 12.4. The maximum absolute atomic E-state index is 12.4. The van der Waals surface area contributed by atoms with Crippen LogP contribution in [0.1, 0.15) is 74.8 Å². The number of aliphatic hydroxyl groups excluding tert-OH is 1. The molecule has 0 aliphatic heterocycles. The van der Waals surface area contributed by atoms with Crippen LogP contribution in [0.25, 0.3) is 0 Å². The van der Waals surface area contributed by atoms with Gasteiger partial charge in [0.05, 0.1) is 6.10 Å². The summed E-state index contributed by atoms with van der Waals surface area (Å²) in [7, 11) is 0. The third kappa shape index (κ3) is 1.94. The van der Waals surface area contributed by atoms with E-state index in [1.54, 1.807) is 0 Å². The van der Waals surface area contributed by atoms with Gasteiger partial charge in [0.1, 0.15) is 5.60 Å². The van der Waals surface area contributed by atoms with Gasteiger partial charge in [0, 0.05) is 8.16 Å². The second-order valence-electron chi connectivity index (χ2n) is 9.26. The van der Waals surface area contributed by atoms with E-state index in [9.17, 15) is 15.0 Å². The molecule has 2 N–H and O–H groups in total. The molecule has 0 saturated heterocycles. The summed E-state index contributed by atoms with van der Waals surface area (Å²) in [6, 6.07) is 0. The average molecular weight is 336 g/mol. The highest BCUT2D eigenvalue weighted by atomic mass is 16.3. The molecule has 3 saturated carbocycles. The van der Waals surface area contributed by atoms with Gasteiger partial charge in [-0.15, -0.1) is 0 Å². The Labute approximate surface area is 148 Å². The van der Waals surface area contributed by atoms with E-state index in [0.717, 1.165) is 32.1 Å². The molecule has 4 aliphatic rings. The number of aliphatic hydroxyl groups is 2. The van der Waals surface area contributed by atoms with E-state index in [2.05, 4.69) is 13.0 Å². The first-order chi connectivity index (χ1) is 12.0. The Kier molecular flexibility index (Phi) is 3.12. The van der Waals surface area contributed by atoms with Gasteiger partial charge in [0.2, 0.25) is 0 Å². The standard InChI is InChI=1S/C21H32O3/c1-13(22)21(24)11-8-18-16-5-4-14-12-15(23)6-9-19(14,2)17(16)7-10-20(18,21)3/h4,15-18,23-24H,5-12H2,1-3H3/t15?,16?,17?,18?,19-,20-,21-/m0/s1/i1+1,11D2,13+1. The number of allylic oxidation sites excluding steroid dienone is 1. The van der Waals surface area contributed by atoms with Crippen LogP contribution in [0.2, 0.25) is 0 Å². The highest BCUT2D eigenvalue weighted by Crippen LogP contribution is 2.67. The largest absolute Gasteiger partial charge is 0.393 e. The zero-order valence-corrected chi connectivity index (χ0v) is 15.1. The molecular formula is C21H32O3. The van der Waals surface area contributed by atoms with E-state index in [1.807, 2.05) is 6.92 Å². The lowest BCUT2D eigenvalue weighted by molar-refractivity contribution is -0.159. The Morgan fingerprint density at radius 1 is 1.25 bits per heavy atom.